The van der Waals surface area contributed by atoms with Crippen molar-refractivity contribution < 1.29 is 9.53 Å². The number of carbonyl (C=O) groups is 1. The molecule has 6 nitrogen and oxygen atoms in total. The van der Waals surface area contributed by atoms with Crippen LogP contribution in [0.25, 0.3) is 5.69 Å². The fourth-order valence-electron chi connectivity index (χ4n) is 3.15. The molecule has 1 N–H and O–H groups in total. The number of hydrogen-bond donors (Lipinski definition) is 1. The zero-order valence-corrected chi connectivity index (χ0v) is 13.4. The Labute approximate surface area is 135 Å². The van der Waals surface area contributed by atoms with Crippen LogP contribution in [-0.2, 0) is 16.1 Å². The van der Waals surface area contributed by atoms with Gasteiger partial charge in [-0.25, -0.2) is 9.67 Å². The molecule has 1 aliphatic rings. The Morgan fingerprint density at radius 1 is 1.30 bits per heavy atom. The summed E-state index contributed by atoms with van der Waals surface area (Å²) in [5.41, 5.74) is 0.265. The summed E-state index contributed by atoms with van der Waals surface area (Å²) in [5.74, 6) is 0.661. The molecule has 2 aromatic rings. The van der Waals surface area contributed by atoms with Gasteiger partial charge in [-0.05, 0) is 44.7 Å². The number of carbonyl (C=O) groups excluding carboxylic acids is 1. The van der Waals surface area contributed by atoms with E-state index in [1.165, 1.54) is 6.33 Å². The van der Waals surface area contributed by atoms with Crippen molar-refractivity contribution in [3.63, 3.8) is 0 Å². The predicted molar refractivity (Wildman–Crippen MR) is 86.0 cm³/mol. The largest absolute Gasteiger partial charge is 0.365 e. The van der Waals surface area contributed by atoms with Crippen LogP contribution in [0, 0.1) is 0 Å². The van der Waals surface area contributed by atoms with Crippen molar-refractivity contribution in [3.8, 4) is 5.69 Å². The zero-order chi connectivity index (χ0) is 16.1. The SMILES string of the molecule is CCOC1(C(=O)NCc2ncnn2-c2ccccc2)CCCC1. The molecule has 1 aliphatic carbocycles. The third-order valence-electron chi connectivity index (χ3n) is 4.27. The van der Waals surface area contributed by atoms with Gasteiger partial charge in [0.05, 0.1) is 12.2 Å². The maximum absolute atomic E-state index is 12.6. The number of rotatable bonds is 6. The minimum absolute atomic E-state index is 0.0422. The molecule has 1 aromatic carbocycles. The first kappa shape index (κ1) is 15.7. The van der Waals surface area contributed by atoms with E-state index in [2.05, 4.69) is 15.4 Å². The lowest BCUT2D eigenvalue weighted by Crippen LogP contribution is -2.47. The molecule has 122 valence electrons. The lowest BCUT2D eigenvalue weighted by molar-refractivity contribution is -0.146. The van der Waals surface area contributed by atoms with Crippen molar-refractivity contribution in [1.29, 1.82) is 0 Å². The highest BCUT2D eigenvalue weighted by atomic mass is 16.5. The third-order valence-corrected chi connectivity index (χ3v) is 4.27. The van der Waals surface area contributed by atoms with Crippen molar-refractivity contribution in [1.82, 2.24) is 20.1 Å². The monoisotopic (exact) mass is 314 g/mol. The van der Waals surface area contributed by atoms with Crippen LogP contribution in [0.15, 0.2) is 36.7 Å². The molecule has 1 fully saturated rings. The van der Waals surface area contributed by atoms with Gasteiger partial charge in [-0.2, -0.15) is 5.10 Å². The molecule has 0 aliphatic heterocycles. The van der Waals surface area contributed by atoms with E-state index in [9.17, 15) is 4.79 Å². The zero-order valence-electron chi connectivity index (χ0n) is 13.4. The van der Waals surface area contributed by atoms with Crippen LogP contribution in [0.4, 0.5) is 0 Å². The quantitative estimate of drug-likeness (QED) is 0.888. The van der Waals surface area contributed by atoms with Crippen LogP contribution >= 0.6 is 0 Å². The molecule has 1 heterocycles. The summed E-state index contributed by atoms with van der Waals surface area (Å²) in [6, 6.07) is 9.76. The van der Waals surface area contributed by atoms with Gasteiger partial charge in [0.1, 0.15) is 11.9 Å². The first-order valence-electron chi connectivity index (χ1n) is 8.12. The van der Waals surface area contributed by atoms with Gasteiger partial charge < -0.3 is 10.1 Å². The molecule has 0 radical (unpaired) electrons. The van der Waals surface area contributed by atoms with Crippen LogP contribution in [0.1, 0.15) is 38.4 Å². The molecule has 23 heavy (non-hydrogen) atoms. The van der Waals surface area contributed by atoms with E-state index in [-0.39, 0.29) is 5.91 Å². The highest BCUT2D eigenvalue weighted by Gasteiger charge is 2.41. The highest BCUT2D eigenvalue weighted by Crippen LogP contribution is 2.33. The third kappa shape index (κ3) is 3.27. The number of ether oxygens (including phenoxy) is 1. The Hall–Kier alpha value is -2.21. The molecule has 0 atom stereocenters. The predicted octanol–water partition coefficient (Wildman–Crippen LogP) is 2.23. The molecule has 3 rings (SSSR count). The first-order valence-corrected chi connectivity index (χ1v) is 8.12. The van der Waals surface area contributed by atoms with E-state index >= 15 is 0 Å². The minimum atomic E-state index is -0.660. The Morgan fingerprint density at radius 3 is 2.74 bits per heavy atom. The molecular formula is C17H22N4O2. The number of nitrogens with one attached hydrogen (secondary N) is 1. The topological polar surface area (TPSA) is 69.0 Å². The number of amides is 1. The standard InChI is InChI=1S/C17H22N4O2/c1-2-23-17(10-6-7-11-17)16(22)18-12-15-19-13-20-21(15)14-8-4-3-5-9-14/h3-5,8-9,13H,2,6-7,10-12H2,1H3,(H,18,22). The van der Waals surface area contributed by atoms with Gasteiger partial charge in [-0.1, -0.05) is 18.2 Å². The average molecular weight is 314 g/mol. The molecule has 1 amide bonds. The van der Waals surface area contributed by atoms with E-state index in [0.29, 0.717) is 19.0 Å². The van der Waals surface area contributed by atoms with Crippen molar-refractivity contribution in [2.24, 2.45) is 0 Å². The molecule has 6 heteroatoms. The maximum Gasteiger partial charge on any atom is 0.252 e. The summed E-state index contributed by atoms with van der Waals surface area (Å²) in [7, 11) is 0. The second kappa shape index (κ2) is 6.91. The number of aromatic nitrogens is 3. The molecule has 0 spiro atoms. The van der Waals surface area contributed by atoms with Crippen LogP contribution in [0.3, 0.4) is 0 Å². The van der Waals surface area contributed by atoms with Gasteiger partial charge in [0, 0.05) is 6.61 Å². The van der Waals surface area contributed by atoms with Gasteiger partial charge in [-0.15, -0.1) is 0 Å². The van der Waals surface area contributed by atoms with E-state index in [4.69, 9.17) is 4.74 Å². The van der Waals surface area contributed by atoms with Crippen molar-refractivity contribution >= 4 is 5.91 Å². The Kier molecular flexibility index (Phi) is 4.71. The fourth-order valence-corrected chi connectivity index (χ4v) is 3.15. The molecule has 0 bridgehead atoms. The number of nitrogens with zero attached hydrogens (tertiary/aromatic N) is 3. The summed E-state index contributed by atoms with van der Waals surface area (Å²) in [6.07, 6.45) is 5.15. The van der Waals surface area contributed by atoms with E-state index < -0.39 is 5.60 Å². The van der Waals surface area contributed by atoms with Crippen LogP contribution in [-0.4, -0.2) is 32.9 Å². The van der Waals surface area contributed by atoms with Crippen LogP contribution in [0.2, 0.25) is 0 Å². The van der Waals surface area contributed by atoms with Gasteiger partial charge in [-0.3, -0.25) is 4.79 Å². The van der Waals surface area contributed by atoms with Crippen LogP contribution in [0.5, 0.6) is 0 Å². The molecule has 0 saturated heterocycles. The summed E-state index contributed by atoms with van der Waals surface area (Å²) < 4.78 is 7.52. The van der Waals surface area contributed by atoms with Crippen LogP contribution < -0.4 is 5.32 Å². The second-order valence-electron chi connectivity index (χ2n) is 5.74. The Bertz CT molecular complexity index is 648. The first-order chi connectivity index (χ1) is 11.2. The van der Waals surface area contributed by atoms with E-state index in [1.54, 1.807) is 4.68 Å². The van der Waals surface area contributed by atoms with Gasteiger partial charge in [0.25, 0.3) is 5.91 Å². The fraction of sp³-hybridized carbons (Fsp3) is 0.471. The molecular weight excluding hydrogens is 292 g/mol. The highest BCUT2D eigenvalue weighted by molar-refractivity contribution is 5.85. The van der Waals surface area contributed by atoms with Crippen molar-refractivity contribution in [3.05, 3.63) is 42.5 Å². The molecule has 1 saturated carbocycles. The van der Waals surface area contributed by atoms with Gasteiger partial charge >= 0.3 is 0 Å². The minimum Gasteiger partial charge on any atom is -0.365 e. The van der Waals surface area contributed by atoms with Gasteiger partial charge in [0.15, 0.2) is 5.82 Å². The van der Waals surface area contributed by atoms with E-state index in [0.717, 1.165) is 31.4 Å². The lowest BCUT2D eigenvalue weighted by atomic mass is 10.0. The average Bonchev–Trinajstić information content (AvgIpc) is 3.23. The van der Waals surface area contributed by atoms with Gasteiger partial charge in [0.2, 0.25) is 0 Å². The maximum atomic E-state index is 12.6. The number of hydrogen-bond acceptors (Lipinski definition) is 4. The Balaban J connectivity index is 1.69. The lowest BCUT2D eigenvalue weighted by Gasteiger charge is -2.27. The van der Waals surface area contributed by atoms with E-state index in [1.807, 2.05) is 37.3 Å². The summed E-state index contributed by atoms with van der Waals surface area (Å²) >= 11 is 0. The smallest absolute Gasteiger partial charge is 0.252 e. The second-order valence-corrected chi connectivity index (χ2v) is 5.74. The summed E-state index contributed by atoms with van der Waals surface area (Å²) in [4.78, 5) is 16.9. The number of para-hydroxylation sites is 1. The van der Waals surface area contributed by atoms with Crippen molar-refractivity contribution in [2.45, 2.75) is 44.8 Å². The summed E-state index contributed by atoms with van der Waals surface area (Å²) in [5, 5.41) is 7.21. The molecule has 1 aromatic heterocycles. The normalized spacial score (nSPS) is 16.4. The number of benzene rings is 1. The van der Waals surface area contributed by atoms with Crippen molar-refractivity contribution in [2.75, 3.05) is 6.61 Å². The molecule has 0 unspecified atom stereocenters. The summed E-state index contributed by atoms with van der Waals surface area (Å²) in [6.45, 7) is 2.82. The Morgan fingerprint density at radius 2 is 2.04 bits per heavy atom.